The van der Waals surface area contributed by atoms with Gasteiger partial charge in [-0.1, -0.05) is 98.8 Å². The van der Waals surface area contributed by atoms with E-state index >= 15 is 0 Å². The lowest BCUT2D eigenvalue weighted by atomic mass is 10.1. The van der Waals surface area contributed by atoms with Crippen molar-refractivity contribution >= 4 is 15.9 Å². The fourth-order valence-corrected chi connectivity index (χ4v) is 3.03. The number of rotatable bonds is 13. The summed E-state index contributed by atoms with van der Waals surface area (Å²) in [6, 6.07) is 8.45. The van der Waals surface area contributed by atoms with Crippen LogP contribution < -0.4 is 5.32 Å². The molecule has 0 heterocycles. The largest absolute Gasteiger partial charge is 0.313 e. The second-order valence-electron chi connectivity index (χ2n) is 5.95. The molecule has 0 bridgehead atoms. The summed E-state index contributed by atoms with van der Waals surface area (Å²) >= 11 is 3.59. The molecule has 1 aromatic carbocycles. The normalized spacial score (nSPS) is 11.0. The summed E-state index contributed by atoms with van der Waals surface area (Å²) in [7, 11) is 0. The maximum Gasteiger partial charge on any atom is 0.0220 e. The SMILES string of the molecule is CCCCCCCCCCCCNCc1ccccc1Br. The number of halogens is 1. The topological polar surface area (TPSA) is 12.0 Å². The van der Waals surface area contributed by atoms with Gasteiger partial charge in [0.1, 0.15) is 0 Å². The summed E-state index contributed by atoms with van der Waals surface area (Å²) in [4.78, 5) is 0. The van der Waals surface area contributed by atoms with Crippen LogP contribution in [0.1, 0.15) is 76.7 Å². The summed E-state index contributed by atoms with van der Waals surface area (Å²) in [5, 5.41) is 3.54. The zero-order chi connectivity index (χ0) is 15.2. The minimum atomic E-state index is 0.971. The molecule has 0 aliphatic rings. The molecule has 0 aliphatic carbocycles. The molecule has 0 saturated carbocycles. The maximum absolute atomic E-state index is 3.59. The van der Waals surface area contributed by atoms with E-state index < -0.39 is 0 Å². The fraction of sp³-hybridized carbons (Fsp3) is 0.684. The Kier molecular flexibility index (Phi) is 11.9. The summed E-state index contributed by atoms with van der Waals surface area (Å²) < 4.78 is 1.21. The fourth-order valence-electron chi connectivity index (χ4n) is 2.60. The number of unbranched alkanes of at least 4 members (excludes halogenated alkanes) is 9. The third-order valence-corrected chi connectivity index (χ3v) is 4.75. The Morgan fingerprint density at radius 1 is 0.810 bits per heavy atom. The van der Waals surface area contributed by atoms with Crippen molar-refractivity contribution in [3.05, 3.63) is 34.3 Å². The highest BCUT2D eigenvalue weighted by Gasteiger charge is 1.97. The van der Waals surface area contributed by atoms with Gasteiger partial charge in [-0.2, -0.15) is 0 Å². The van der Waals surface area contributed by atoms with Crippen LogP contribution in [-0.4, -0.2) is 6.54 Å². The Morgan fingerprint density at radius 3 is 2.00 bits per heavy atom. The lowest BCUT2D eigenvalue weighted by Gasteiger charge is -2.07. The molecule has 0 radical (unpaired) electrons. The van der Waals surface area contributed by atoms with Crippen LogP contribution >= 0.6 is 15.9 Å². The second kappa shape index (κ2) is 13.3. The van der Waals surface area contributed by atoms with E-state index in [1.54, 1.807) is 0 Å². The van der Waals surface area contributed by atoms with E-state index in [0.29, 0.717) is 0 Å². The van der Waals surface area contributed by atoms with Crippen LogP contribution in [0, 0.1) is 0 Å². The molecule has 120 valence electrons. The van der Waals surface area contributed by atoms with Crippen molar-refractivity contribution in [2.75, 3.05) is 6.54 Å². The molecule has 0 aromatic heterocycles. The summed E-state index contributed by atoms with van der Waals surface area (Å²) in [6.07, 6.45) is 14.1. The molecule has 21 heavy (non-hydrogen) atoms. The van der Waals surface area contributed by atoms with Crippen LogP contribution in [0.15, 0.2) is 28.7 Å². The predicted molar refractivity (Wildman–Crippen MR) is 97.7 cm³/mol. The van der Waals surface area contributed by atoms with Crippen molar-refractivity contribution in [1.82, 2.24) is 5.32 Å². The highest BCUT2D eigenvalue weighted by Crippen LogP contribution is 2.15. The van der Waals surface area contributed by atoms with Gasteiger partial charge in [0.15, 0.2) is 0 Å². The Bertz CT molecular complexity index is 351. The highest BCUT2D eigenvalue weighted by molar-refractivity contribution is 9.10. The van der Waals surface area contributed by atoms with Crippen molar-refractivity contribution in [3.8, 4) is 0 Å². The molecule has 0 saturated heterocycles. The summed E-state index contributed by atoms with van der Waals surface area (Å²) in [6.45, 7) is 4.39. The highest BCUT2D eigenvalue weighted by atomic mass is 79.9. The van der Waals surface area contributed by atoms with Gasteiger partial charge in [0, 0.05) is 11.0 Å². The van der Waals surface area contributed by atoms with Gasteiger partial charge < -0.3 is 5.32 Å². The van der Waals surface area contributed by atoms with Crippen LogP contribution in [0.25, 0.3) is 0 Å². The standard InChI is InChI=1S/C19H32BrN/c1-2-3-4-5-6-7-8-9-10-13-16-21-17-18-14-11-12-15-19(18)20/h11-12,14-15,21H,2-10,13,16-17H2,1H3. The summed E-state index contributed by atoms with van der Waals surface area (Å²) in [5.74, 6) is 0. The number of hydrogen-bond acceptors (Lipinski definition) is 1. The molecule has 0 fully saturated rings. The van der Waals surface area contributed by atoms with Gasteiger partial charge in [-0.05, 0) is 24.6 Å². The first-order valence-electron chi connectivity index (χ1n) is 8.78. The summed E-state index contributed by atoms with van der Waals surface area (Å²) in [5.41, 5.74) is 1.35. The Morgan fingerprint density at radius 2 is 1.38 bits per heavy atom. The molecule has 2 heteroatoms. The van der Waals surface area contributed by atoms with E-state index in [1.165, 1.54) is 74.2 Å². The van der Waals surface area contributed by atoms with Gasteiger partial charge in [-0.3, -0.25) is 0 Å². The van der Waals surface area contributed by atoms with Crippen LogP contribution in [0.5, 0.6) is 0 Å². The first kappa shape index (κ1) is 18.7. The molecule has 1 aromatic rings. The third kappa shape index (κ3) is 10.1. The van der Waals surface area contributed by atoms with E-state index in [2.05, 4.69) is 52.4 Å². The zero-order valence-corrected chi connectivity index (χ0v) is 15.3. The first-order chi connectivity index (χ1) is 10.3. The minimum Gasteiger partial charge on any atom is -0.313 e. The lowest BCUT2D eigenvalue weighted by molar-refractivity contribution is 0.543. The number of hydrogen-bond donors (Lipinski definition) is 1. The molecular weight excluding hydrogens is 322 g/mol. The van der Waals surface area contributed by atoms with E-state index in [9.17, 15) is 0 Å². The van der Waals surface area contributed by atoms with E-state index in [4.69, 9.17) is 0 Å². The first-order valence-corrected chi connectivity index (χ1v) is 9.58. The van der Waals surface area contributed by atoms with Crippen molar-refractivity contribution < 1.29 is 0 Å². The van der Waals surface area contributed by atoms with Crippen molar-refractivity contribution in [2.45, 2.75) is 77.7 Å². The average Bonchev–Trinajstić information content (AvgIpc) is 2.50. The van der Waals surface area contributed by atoms with Gasteiger partial charge in [-0.15, -0.1) is 0 Å². The molecule has 1 rings (SSSR count). The number of nitrogens with one attached hydrogen (secondary N) is 1. The van der Waals surface area contributed by atoms with Crippen LogP contribution in [0.2, 0.25) is 0 Å². The van der Waals surface area contributed by atoms with Crippen LogP contribution in [0.4, 0.5) is 0 Å². The molecule has 0 unspecified atom stereocenters. The molecule has 1 nitrogen and oxygen atoms in total. The molecule has 1 N–H and O–H groups in total. The smallest absolute Gasteiger partial charge is 0.0220 e. The molecule has 0 amide bonds. The molecule has 0 aliphatic heterocycles. The van der Waals surface area contributed by atoms with Crippen molar-refractivity contribution in [1.29, 1.82) is 0 Å². The quantitative estimate of drug-likeness (QED) is 0.401. The van der Waals surface area contributed by atoms with E-state index in [0.717, 1.165) is 13.1 Å². The predicted octanol–water partition coefficient (Wildman–Crippen LogP) is 6.46. The monoisotopic (exact) mass is 353 g/mol. The van der Waals surface area contributed by atoms with Crippen LogP contribution in [0.3, 0.4) is 0 Å². The maximum atomic E-state index is 3.59. The average molecular weight is 354 g/mol. The van der Waals surface area contributed by atoms with Crippen molar-refractivity contribution in [3.63, 3.8) is 0 Å². The van der Waals surface area contributed by atoms with Crippen LogP contribution in [-0.2, 0) is 6.54 Å². The molecular formula is C19H32BrN. The molecule has 0 atom stereocenters. The van der Waals surface area contributed by atoms with Gasteiger partial charge >= 0.3 is 0 Å². The van der Waals surface area contributed by atoms with Gasteiger partial charge in [0.25, 0.3) is 0 Å². The third-order valence-electron chi connectivity index (χ3n) is 3.98. The Labute approximate surface area is 140 Å². The lowest BCUT2D eigenvalue weighted by Crippen LogP contribution is -2.14. The zero-order valence-electron chi connectivity index (χ0n) is 13.7. The van der Waals surface area contributed by atoms with E-state index in [-0.39, 0.29) is 0 Å². The minimum absolute atomic E-state index is 0.971. The molecule has 0 spiro atoms. The van der Waals surface area contributed by atoms with E-state index in [1.807, 2.05) is 0 Å². The Balaban J connectivity index is 1.84. The van der Waals surface area contributed by atoms with Gasteiger partial charge in [0.05, 0.1) is 0 Å². The Hall–Kier alpha value is -0.340. The second-order valence-corrected chi connectivity index (χ2v) is 6.80. The van der Waals surface area contributed by atoms with Crippen molar-refractivity contribution in [2.24, 2.45) is 0 Å². The van der Waals surface area contributed by atoms with Gasteiger partial charge in [-0.25, -0.2) is 0 Å². The number of benzene rings is 1. The van der Waals surface area contributed by atoms with Gasteiger partial charge in [0.2, 0.25) is 0 Å².